The minimum atomic E-state index is -0.348. The molecule has 2 aromatic heterocycles. The van der Waals surface area contributed by atoms with Crippen LogP contribution in [0.4, 0.5) is 108 Å². The highest BCUT2D eigenvalue weighted by Gasteiger charge is 2.51. The molecule has 0 saturated carbocycles. The predicted octanol–water partition coefficient (Wildman–Crippen LogP) is 21.3. The molecule has 0 amide bonds. The van der Waals surface area contributed by atoms with Crippen molar-refractivity contribution in [1.29, 1.82) is 0 Å². The van der Waals surface area contributed by atoms with E-state index >= 15 is 0 Å². The van der Waals surface area contributed by atoms with Crippen molar-refractivity contribution >= 4 is 231 Å². The third kappa shape index (κ3) is 9.99. The second kappa shape index (κ2) is 25.5. The van der Waals surface area contributed by atoms with Crippen LogP contribution in [0.15, 0.2) is 340 Å². The molecule has 0 unspecified atom stereocenters. The molecule has 0 radical (unpaired) electrons. The quantitative estimate of drug-likeness (QED) is 0.0946. The summed E-state index contributed by atoms with van der Waals surface area (Å²) >= 11 is 5.57. The molecule has 0 fully saturated rings. The Kier molecular flexibility index (Phi) is 14.8. The Morgan fingerprint density at radius 3 is 1.19 bits per heavy atom. The number of aryl methyl sites for hydroxylation is 2. The number of nitrogens with zero attached hydrogens (tertiary/aromatic N) is 6. The number of fused-ring (bicyclic) bond motifs is 16. The monoisotopic (exact) mass is 1490 g/mol. The molecular weight excluding hydrogens is 1420 g/mol. The van der Waals surface area contributed by atoms with Crippen molar-refractivity contribution in [2.45, 2.75) is 13.8 Å². The summed E-state index contributed by atoms with van der Waals surface area (Å²) < 4.78 is 23.1. The first-order valence-corrected chi connectivity index (χ1v) is 41.0. The molecule has 15 heteroatoms. The maximum absolute atomic E-state index is 7.81. The molecule has 0 spiro atoms. The summed E-state index contributed by atoms with van der Waals surface area (Å²) in [6.07, 6.45) is 2.22. The van der Waals surface area contributed by atoms with Crippen LogP contribution in [-0.2, 0) is 0 Å². The van der Waals surface area contributed by atoms with Gasteiger partial charge in [-0.2, -0.15) is 0 Å². The number of para-hydroxylation sites is 6. The lowest BCUT2D eigenvalue weighted by Crippen LogP contribution is -2.64. The van der Waals surface area contributed by atoms with E-state index in [0.29, 0.717) is 0 Å². The van der Waals surface area contributed by atoms with E-state index in [2.05, 4.69) is 394 Å². The second-order valence-electron chi connectivity index (χ2n) is 29.7. The van der Waals surface area contributed by atoms with E-state index in [9.17, 15) is 0 Å². The van der Waals surface area contributed by atoms with E-state index in [-0.39, 0.29) is 20.1 Å². The number of anilines is 19. The molecule has 6 aliphatic rings. The third-order valence-electron chi connectivity index (χ3n) is 23.2. The molecule has 0 saturated heterocycles. The van der Waals surface area contributed by atoms with Crippen LogP contribution in [0.2, 0.25) is 0 Å². The summed E-state index contributed by atoms with van der Waals surface area (Å²) in [7, 11) is 0. The summed E-state index contributed by atoms with van der Waals surface area (Å²) in [5.74, 6) is 3.09. The van der Waals surface area contributed by atoms with Gasteiger partial charge < -0.3 is 39.3 Å². The standard InChI is InChI=1S/C97H66B3N7O2S3/c1-60-42-46-68(47-43-60)104(69-48-44-61(2)45-49-69)70-50-80-91-82(51-70)105(66-34-18-8-19-35-66)94-73-38-22-24-40-89(73)111-96(94)99(91)75-56-77-85(58-79(75)101-80)108-87-54-72(103(64-30-14-6-15-31-64)65-32-16-7-17-33-65)55-88-93(87)98(77)78-57-76-81(59-86(78)109-88)107(110-3)84-53-71(102(62-26-10-4-11-27-62)63-28-12-5-13-29-63)52-83-92(84)100(76)97-95(74-39-23-25-41-90(74)112-97)106(83)67-36-20-9-21-37-67/h4-59,101H,1-3H3. The molecule has 15 aromatic carbocycles. The number of thiophene rings is 2. The maximum atomic E-state index is 7.81. The van der Waals surface area contributed by atoms with Crippen molar-refractivity contribution in [3.63, 3.8) is 0 Å². The van der Waals surface area contributed by atoms with Crippen molar-refractivity contribution < 1.29 is 9.47 Å². The van der Waals surface area contributed by atoms with Crippen LogP contribution in [-0.4, -0.2) is 26.4 Å². The number of rotatable bonds is 12. The van der Waals surface area contributed by atoms with Crippen LogP contribution in [0.3, 0.4) is 0 Å². The van der Waals surface area contributed by atoms with Crippen molar-refractivity contribution in [2.24, 2.45) is 0 Å². The van der Waals surface area contributed by atoms with Crippen molar-refractivity contribution in [1.82, 2.24) is 0 Å². The van der Waals surface area contributed by atoms with Gasteiger partial charge in [-0.05, 0) is 192 Å². The summed E-state index contributed by atoms with van der Waals surface area (Å²) in [5.41, 5.74) is 30.9. The van der Waals surface area contributed by atoms with Crippen LogP contribution in [0.25, 0.3) is 20.2 Å². The lowest BCUT2D eigenvalue weighted by molar-refractivity contribution is 0.465. The molecule has 528 valence electrons. The zero-order chi connectivity index (χ0) is 74.0. The molecule has 9 nitrogen and oxygen atoms in total. The summed E-state index contributed by atoms with van der Waals surface area (Å²) in [6.45, 7) is 3.60. The van der Waals surface area contributed by atoms with Crippen molar-refractivity contribution in [2.75, 3.05) is 40.4 Å². The van der Waals surface area contributed by atoms with E-state index in [1.807, 2.05) is 22.7 Å². The summed E-state index contributed by atoms with van der Waals surface area (Å²) in [5, 5.41) is 6.68. The van der Waals surface area contributed by atoms with Crippen LogP contribution in [0.1, 0.15) is 11.1 Å². The van der Waals surface area contributed by atoms with Gasteiger partial charge in [0.1, 0.15) is 23.0 Å². The van der Waals surface area contributed by atoms with E-state index in [4.69, 9.17) is 9.47 Å². The van der Waals surface area contributed by atoms with Crippen LogP contribution < -0.4 is 91.4 Å². The fraction of sp³-hybridized carbons (Fsp3) is 0.0309. The molecular formula is C97H66B3N7O2S3. The Labute approximate surface area is 663 Å². The second-order valence-corrected chi connectivity index (χ2v) is 32.6. The molecule has 112 heavy (non-hydrogen) atoms. The Hall–Kier alpha value is -13.0. The number of benzene rings is 15. The number of ether oxygens (including phenoxy) is 2. The van der Waals surface area contributed by atoms with E-state index in [1.165, 1.54) is 74.1 Å². The third-order valence-corrected chi connectivity index (χ3v) is 26.4. The van der Waals surface area contributed by atoms with Gasteiger partial charge in [0, 0.05) is 134 Å². The zero-order valence-electron chi connectivity index (χ0n) is 61.3. The van der Waals surface area contributed by atoms with Gasteiger partial charge in [0.05, 0.1) is 39.8 Å². The molecule has 23 rings (SSSR count). The SMILES string of the molecule is CSN1c2cc3c(cc2B2c4sc5ccccc5c4N(c4ccccc4)c4cc(N(c5ccccc5)c5ccccc5)cc1c42)B1c2cc4c(cc2Oc2cc(N(c5ccccc5)c5ccccc5)cc(c21)O3)Nc1cc(N(c2ccc(C)cc2)c2ccc(C)cc2)cc2c1B4c1sc3ccccc3c1N2c1ccccc1. The van der Waals surface area contributed by atoms with E-state index < -0.39 is 0 Å². The molecule has 0 aliphatic carbocycles. The highest BCUT2D eigenvalue weighted by atomic mass is 32.2. The zero-order valence-corrected chi connectivity index (χ0v) is 63.7. The van der Waals surface area contributed by atoms with Gasteiger partial charge in [-0.1, -0.05) is 193 Å². The van der Waals surface area contributed by atoms with E-state index in [0.717, 1.165) is 136 Å². The van der Waals surface area contributed by atoms with Crippen LogP contribution >= 0.6 is 34.6 Å². The topological polar surface area (TPSA) is 49.9 Å². The lowest BCUT2D eigenvalue weighted by atomic mass is 9.31. The molecule has 6 aliphatic heterocycles. The van der Waals surface area contributed by atoms with Crippen LogP contribution in [0, 0.1) is 13.8 Å². The molecule has 0 atom stereocenters. The van der Waals surface area contributed by atoms with Gasteiger partial charge in [-0.25, -0.2) is 0 Å². The Balaban J connectivity index is 0.779. The fourth-order valence-corrected chi connectivity index (χ4v) is 21.8. The van der Waals surface area contributed by atoms with Gasteiger partial charge in [0.2, 0.25) is 0 Å². The lowest BCUT2D eigenvalue weighted by Gasteiger charge is -2.44. The largest absolute Gasteiger partial charge is 0.458 e. The Bertz CT molecular complexity index is 6560. The predicted molar refractivity (Wildman–Crippen MR) is 479 cm³/mol. The Morgan fingerprint density at radius 2 is 0.705 bits per heavy atom. The summed E-state index contributed by atoms with van der Waals surface area (Å²) in [4.78, 5) is 12.3. The minimum absolute atomic E-state index is 0.188. The summed E-state index contributed by atoms with van der Waals surface area (Å²) in [6, 6.07) is 125. The number of hydrogen-bond acceptors (Lipinski definition) is 12. The number of nitrogens with one attached hydrogen (secondary N) is 1. The van der Waals surface area contributed by atoms with Crippen LogP contribution in [0.5, 0.6) is 23.0 Å². The average molecular weight is 1490 g/mol. The average Bonchev–Trinajstić information content (AvgIpc) is 1.21. The highest BCUT2D eigenvalue weighted by Crippen LogP contribution is 2.54. The highest BCUT2D eigenvalue weighted by molar-refractivity contribution is 8.00. The van der Waals surface area contributed by atoms with Crippen molar-refractivity contribution in [3.8, 4) is 23.0 Å². The van der Waals surface area contributed by atoms with Crippen molar-refractivity contribution in [3.05, 3.63) is 351 Å². The van der Waals surface area contributed by atoms with E-state index in [1.54, 1.807) is 11.9 Å². The smallest absolute Gasteiger partial charge is 0.264 e. The first kappa shape index (κ1) is 64.9. The fourth-order valence-electron chi connectivity index (χ4n) is 18.5. The molecule has 17 aromatic rings. The normalized spacial score (nSPS) is 13.3. The van der Waals surface area contributed by atoms with Gasteiger partial charge >= 0.3 is 0 Å². The molecule has 1 N–H and O–H groups in total. The minimum Gasteiger partial charge on any atom is -0.458 e. The first-order valence-electron chi connectivity index (χ1n) is 38.2. The Morgan fingerprint density at radius 1 is 0.312 bits per heavy atom. The number of hydrogen-bond donors (Lipinski definition) is 1. The first-order chi connectivity index (χ1) is 55.3. The molecule has 0 bridgehead atoms. The maximum Gasteiger partial charge on any atom is 0.264 e. The van der Waals surface area contributed by atoms with Gasteiger partial charge in [0.25, 0.3) is 20.1 Å². The van der Waals surface area contributed by atoms with Gasteiger partial charge in [-0.15, -0.1) is 22.7 Å². The van der Waals surface area contributed by atoms with Gasteiger partial charge in [0.15, 0.2) is 0 Å². The van der Waals surface area contributed by atoms with Gasteiger partial charge in [-0.3, -0.25) is 4.31 Å². The molecule has 8 heterocycles.